The molecule has 0 saturated carbocycles. The van der Waals surface area contributed by atoms with E-state index >= 15 is 0 Å². The van der Waals surface area contributed by atoms with Gasteiger partial charge in [0.2, 0.25) is 0 Å². The summed E-state index contributed by atoms with van der Waals surface area (Å²) >= 11 is 0. The van der Waals surface area contributed by atoms with Crippen LogP contribution in [0.2, 0.25) is 0 Å². The average molecular weight is 269 g/mol. The van der Waals surface area contributed by atoms with E-state index in [1.165, 1.54) is 5.69 Å². The van der Waals surface area contributed by atoms with Crippen molar-refractivity contribution in [3.8, 4) is 0 Å². The number of hydrogen-bond acceptors (Lipinski definition) is 3. The summed E-state index contributed by atoms with van der Waals surface area (Å²) in [5.74, 6) is 0.487. The van der Waals surface area contributed by atoms with E-state index in [4.69, 9.17) is 0 Å². The van der Waals surface area contributed by atoms with Crippen LogP contribution in [0.1, 0.15) is 12.8 Å². The molecule has 0 spiro atoms. The van der Waals surface area contributed by atoms with E-state index < -0.39 is 0 Å². The first-order chi connectivity index (χ1) is 9.83. The summed E-state index contributed by atoms with van der Waals surface area (Å²) in [4.78, 5) is 14.6. The van der Waals surface area contributed by atoms with Crippen LogP contribution in [-0.4, -0.2) is 28.7 Å². The second-order valence-corrected chi connectivity index (χ2v) is 5.27. The maximum atomic E-state index is 12.2. The van der Waals surface area contributed by atoms with E-state index in [0.29, 0.717) is 12.3 Å². The number of aromatic nitrogens is 2. The number of para-hydroxylation sites is 1. The van der Waals surface area contributed by atoms with Crippen LogP contribution >= 0.6 is 0 Å². The Morgan fingerprint density at radius 2 is 1.90 bits per heavy atom. The molecule has 0 amide bonds. The van der Waals surface area contributed by atoms with Crippen molar-refractivity contribution in [1.29, 1.82) is 0 Å². The third-order valence-corrected chi connectivity index (χ3v) is 3.95. The van der Waals surface area contributed by atoms with Gasteiger partial charge in [-0.05, 0) is 31.0 Å². The first kappa shape index (κ1) is 12.9. The Hall–Kier alpha value is -2.10. The minimum atomic E-state index is 0.180. The van der Waals surface area contributed by atoms with Crippen molar-refractivity contribution in [3.05, 3.63) is 48.8 Å². The molecule has 1 aliphatic rings. The molecule has 1 fully saturated rings. The van der Waals surface area contributed by atoms with Crippen LogP contribution in [0.4, 0.5) is 5.69 Å². The zero-order valence-corrected chi connectivity index (χ0v) is 11.5. The standard InChI is InChI=1S/C16H19N3O/c20-16(13-19-10-4-9-17-19)14-7-11-18(12-8-14)15-5-2-1-3-6-15/h1-6,9-10,14H,7-8,11-13H2. The van der Waals surface area contributed by atoms with E-state index in [-0.39, 0.29) is 5.92 Å². The van der Waals surface area contributed by atoms with E-state index in [2.05, 4.69) is 34.3 Å². The van der Waals surface area contributed by atoms with Crippen LogP contribution in [0, 0.1) is 5.92 Å². The lowest BCUT2D eigenvalue weighted by molar-refractivity contribution is -0.124. The van der Waals surface area contributed by atoms with Crippen molar-refractivity contribution in [3.63, 3.8) is 0 Å². The van der Waals surface area contributed by atoms with E-state index in [9.17, 15) is 4.79 Å². The van der Waals surface area contributed by atoms with Crippen molar-refractivity contribution >= 4 is 11.5 Å². The minimum Gasteiger partial charge on any atom is -0.371 e. The number of anilines is 1. The molecule has 1 saturated heterocycles. The molecule has 0 N–H and O–H groups in total. The molecule has 20 heavy (non-hydrogen) atoms. The van der Waals surface area contributed by atoms with Gasteiger partial charge in [-0.2, -0.15) is 5.10 Å². The van der Waals surface area contributed by atoms with Gasteiger partial charge in [-0.25, -0.2) is 0 Å². The van der Waals surface area contributed by atoms with Crippen LogP contribution in [-0.2, 0) is 11.3 Å². The van der Waals surface area contributed by atoms with E-state index in [1.54, 1.807) is 10.9 Å². The van der Waals surface area contributed by atoms with Gasteiger partial charge in [-0.15, -0.1) is 0 Å². The van der Waals surface area contributed by atoms with E-state index in [0.717, 1.165) is 25.9 Å². The molecule has 2 heterocycles. The van der Waals surface area contributed by atoms with Crippen molar-refractivity contribution in [1.82, 2.24) is 9.78 Å². The summed E-state index contributed by atoms with van der Waals surface area (Å²) in [5.41, 5.74) is 1.26. The van der Waals surface area contributed by atoms with Gasteiger partial charge in [0.05, 0.1) is 6.54 Å². The van der Waals surface area contributed by atoms with Crippen LogP contribution in [0.3, 0.4) is 0 Å². The quantitative estimate of drug-likeness (QED) is 0.855. The predicted molar refractivity (Wildman–Crippen MR) is 78.6 cm³/mol. The number of benzene rings is 1. The van der Waals surface area contributed by atoms with Gasteiger partial charge >= 0.3 is 0 Å². The third kappa shape index (κ3) is 2.90. The number of hydrogen-bond donors (Lipinski definition) is 0. The fraction of sp³-hybridized carbons (Fsp3) is 0.375. The Morgan fingerprint density at radius 3 is 2.55 bits per heavy atom. The Kier molecular flexibility index (Phi) is 3.81. The van der Waals surface area contributed by atoms with Gasteiger partial charge in [-0.3, -0.25) is 9.48 Å². The van der Waals surface area contributed by atoms with Crippen molar-refractivity contribution in [2.45, 2.75) is 19.4 Å². The lowest BCUT2D eigenvalue weighted by Crippen LogP contribution is -2.37. The molecule has 0 aliphatic carbocycles. The SMILES string of the molecule is O=C(Cn1cccn1)C1CCN(c2ccccc2)CC1. The van der Waals surface area contributed by atoms with Gasteiger partial charge in [0.25, 0.3) is 0 Å². The fourth-order valence-electron chi connectivity index (χ4n) is 2.78. The Morgan fingerprint density at radius 1 is 1.15 bits per heavy atom. The molecule has 0 atom stereocenters. The first-order valence-electron chi connectivity index (χ1n) is 7.13. The van der Waals surface area contributed by atoms with Gasteiger partial charge < -0.3 is 4.90 Å². The monoisotopic (exact) mass is 269 g/mol. The van der Waals surface area contributed by atoms with E-state index in [1.807, 2.05) is 18.3 Å². The fourth-order valence-corrected chi connectivity index (χ4v) is 2.78. The third-order valence-electron chi connectivity index (χ3n) is 3.95. The smallest absolute Gasteiger partial charge is 0.157 e. The summed E-state index contributed by atoms with van der Waals surface area (Å²) < 4.78 is 1.71. The maximum absolute atomic E-state index is 12.2. The second kappa shape index (κ2) is 5.90. The molecule has 104 valence electrons. The number of piperidine rings is 1. The largest absolute Gasteiger partial charge is 0.371 e. The number of carbonyl (C=O) groups is 1. The number of nitrogens with zero attached hydrogens (tertiary/aromatic N) is 3. The molecule has 0 unspecified atom stereocenters. The highest BCUT2D eigenvalue weighted by atomic mass is 16.1. The summed E-state index contributed by atoms with van der Waals surface area (Å²) in [6.45, 7) is 2.32. The molecular formula is C16H19N3O. The zero-order chi connectivity index (χ0) is 13.8. The van der Waals surface area contributed by atoms with Crippen LogP contribution in [0.15, 0.2) is 48.8 Å². The summed E-state index contributed by atoms with van der Waals surface area (Å²) in [6, 6.07) is 12.3. The summed E-state index contributed by atoms with van der Waals surface area (Å²) in [5, 5.41) is 4.10. The van der Waals surface area contributed by atoms with Gasteiger partial charge in [-0.1, -0.05) is 18.2 Å². The average Bonchev–Trinajstić information content (AvgIpc) is 3.01. The zero-order valence-electron chi connectivity index (χ0n) is 11.5. The predicted octanol–water partition coefficient (Wildman–Crippen LogP) is 2.37. The Balaban J connectivity index is 1.54. The lowest BCUT2D eigenvalue weighted by Gasteiger charge is -2.33. The highest BCUT2D eigenvalue weighted by molar-refractivity contribution is 5.81. The molecular weight excluding hydrogens is 250 g/mol. The molecule has 4 heteroatoms. The first-order valence-corrected chi connectivity index (χ1v) is 7.13. The highest BCUT2D eigenvalue weighted by Crippen LogP contribution is 2.23. The maximum Gasteiger partial charge on any atom is 0.157 e. The molecule has 1 aromatic carbocycles. The Bertz CT molecular complexity index is 542. The molecule has 0 bridgehead atoms. The van der Waals surface area contributed by atoms with Crippen molar-refractivity contribution in [2.75, 3.05) is 18.0 Å². The lowest BCUT2D eigenvalue weighted by atomic mass is 9.92. The molecule has 2 aromatic rings. The number of Topliss-reactive ketones (excluding diaryl/α,β-unsaturated/α-hetero) is 1. The summed E-state index contributed by atoms with van der Waals surface area (Å²) in [6.07, 6.45) is 5.44. The van der Waals surface area contributed by atoms with Crippen molar-refractivity contribution < 1.29 is 4.79 Å². The normalized spacial score (nSPS) is 16.3. The summed E-state index contributed by atoms with van der Waals surface area (Å²) in [7, 11) is 0. The molecule has 4 nitrogen and oxygen atoms in total. The molecule has 1 aromatic heterocycles. The molecule has 0 radical (unpaired) electrons. The van der Waals surface area contributed by atoms with Gasteiger partial charge in [0.1, 0.15) is 0 Å². The van der Waals surface area contributed by atoms with Gasteiger partial charge in [0, 0.05) is 37.1 Å². The number of ketones is 1. The molecule has 1 aliphatic heterocycles. The number of rotatable bonds is 4. The Labute approximate surface area is 119 Å². The van der Waals surface area contributed by atoms with Gasteiger partial charge in [0.15, 0.2) is 5.78 Å². The minimum absolute atomic E-state index is 0.180. The topological polar surface area (TPSA) is 38.1 Å². The van der Waals surface area contributed by atoms with Crippen LogP contribution in [0.5, 0.6) is 0 Å². The van der Waals surface area contributed by atoms with Crippen molar-refractivity contribution in [2.24, 2.45) is 5.92 Å². The van der Waals surface area contributed by atoms with Crippen LogP contribution < -0.4 is 4.90 Å². The second-order valence-electron chi connectivity index (χ2n) is 5.27. The highest BCUT2D eigenvalue weighted by Gasteiger charge is 2.25. The van der Waals surface area contributed by atoms with Crippen LogP contribution in [0.25, 0.3) is 0 Å². The number of carbonyl (C=O) groups excluding carboxylic acids is 1. The molecule has 3 rings (SSSR count).